The molecule has 1 aromatic carbocycles. The van der Waals surface area contributed by atoms with E-state index in [-0.39, 0.29) is 5.41 Å². The van der Waals surface area contributed by atoms with Crippen LogP contribution in [0.1, 0.15) is 20.8 Å². The summed E-state index contributed by atoms with van der Waals surface area (Å²) in [7, 11) is -3.40. The van der Waals surface area contributed by atoms with Crippen molar-refractivity contribution in [1.82, 2.24) is 9.21 Å². The molecule has 2 rings (SSSR count). The average Bonchev–Trinajstić information content (AvgIpc) is 2.38. The van der Waals surface area contributed by atoms with Gasteiger partial charge in [0.05, 0.1) is 4.90 Å². The highest BCUT2D eigenvalue weighted by molar-refractivity contribution is 7.89. The smallest absolute Gasteiger partial charge is 0.243 e. The Labute approximate surface area is 132 Å². The van der Waals surface area contributed by atoms with E-state index in [1.807, 2.05) is 0 Å². The standard InChI is InChI=1S/C15H23ClN2O2S/c1-15(2,3)12-17-8-10-18(11-9-17)21(19,20)14-6-4-13(16)5-7-14/h4-7H,8-12H2,1-3H3. The Balaban J connectivity index is 2.03. The Morgan fingerprint density at radius 2 is 1.57 bits per heavy atom. The minimum atomic E-state index is -3.40. The lowest BCUT2D eigenvalue weighted by Crippen LogP contribution is -2.50. The first kappa shape index (κ1) is 16.7. The molecule has 1 aliphatic rings. The second kappa shape index (κ2) is 6.24. The van der Waals surface area contributed by atoms with E-state index in [0.717, 1.165) is 19.6 Å². The highest BCUT2D eigenvalue weighted by Crippen LogP contribution is 2.21. The number of piperazine rings is 1. The van der Waals surface area contributed by atoms with Crippen LogP contribution in [0.5, 0.6) is 0 Å². The number of halogens is 1. The summed E-state index contributed by atoms with van der Waals surface area (Å²) in [5.74, 6) is 0. The summed E-state index contributed by atoms with van der Waals surface area (Å²) >= 11 is 5.81. The number of nitrogens with zero attached hydrogens (tertiary/aromatic N) is 2. The normalized spacial score (nSPS) is 18.9. The van der Waals surface area contributed by atoms with Gasteiger partial charge in [-0.05, 0) is 29.7 Å². The highest BCUT2D eigenvalue weighted by Gasteiger charge is 2.29. The fourth-order valence-electron chi connectivity index (χ4n) is 2.55. The predicted octanol–water partition coefficient (Wildman–Crippen LogP) is 2.69. The van der Waals surface area contributed by atoms with Crippen molar-refractivity contribution in [2.24, 2.45) is 5.41 Å². The number of hydrogen-bond acceptors (Lipinski definition) is 3. The molecule has 0 aliphatic carbocycles. The van der Waals surface area contributed by atoms with Crippen molar-refractivity contribution >= 4 is 21.6 Å². The zero-order valence-electron chi connectivity index (χ0n) is 12.8. The van der Waals surface area contributed by atoms with E-state index in [0.29, 0.717) is 23.0 Å². The maximum atomic E-state index is 12.6. The molecule has 1 heterocycles. The largest absolute Gasteiger partial charge is 0.300 e. The lowest BCUT2D eigenvalue weighted by atomic mass is 9.96. The van der Waals surface area contributed by atoms with Gasteiger partial charge < -0.3 is 4.90 Å². The van der Waals surface area contributed by atoms with E-state index in [4.69, 9.17) is 11.6 Å². The fourth-order valence-corrected chi connectivity index (χ4v) is 4.10. The maximum absolute atomic E-state index is 12.6. The van der Waals surface area contributed by atoms with Crippen LogP contribution in [0.25, 0.3) is 0 Å². The fraction of sp³-hybridized carbons (Fsp3) is 0.600. The van der Waals surface area contributed by atoms with Gasteiger partial charge in [-0.1, -0.05) is 32.4 Å². The summed E-state index contributed by atoms with van der Waals surface area (Å²) in [4.78, 5) is 2.64. The van der Waals surface area contributed by atoms with Gasteiger partial charge >= 0.3 is 0 Å². The molecule has 0 saturated carbocycles. The topological polar surface area (TPSA) is 40.6 Å². The van der Waals surface area contributed by atoms with Crippen molar-refractivity contribution in [2.75, 3.05) is 32.7 Å². The summed E-state index contributed by atoms with van der Waals surface area (Å²) in [6.45, 7) is 10.2. The van der Waals surface area contributed by atoms with E-state index < -0.39 is 10.0 Å². The first-order chi connectivity index (χ1) is 9.68. The monoisotopic (exact) mass is 330 g/mol. The van der Waals surface area contributed by atoms with Crippen LogP contribution in [0.15, 0.2) is 29.2 Å². The molecule has 0 bridgehead atoms. The Morgan fingerprint density at radius 3 is 2.05 bits per heavy atom. The molecule has 6 heteroatoms. The third-order valence-corrected chi connectivity index (χ3v) is 5.65. The second-order valence-electron chi connectivity index (χ2n) is 6.69. The van der Waals surface area contributed by atoms with E-state index in [1.165, 1.54) is 0 Å². The molecule has 0 amide bonds. The minimum absolute atomic E-state index is 0.233. The van der Waals surface area contributed by atoms with Gasteiger partial charge in [0.2, 0.25) is 10.0 Å². The van der Waals surface area contributed by atoms with Crippen LogP contribution in [-0.4, -0.2) is 50.3 Å². The van der Waals surface area contributed by atoms with Gasteiger partial charge in [0.15, 0.2) is 0 Å². The second-order valence-corrected chi connectivity index (χ2v) is 9.07. The summed E-state index contributed by atoms with van der Waals surface area (Å²) in [6, 6.07) is 6.37. The zero-order chi connectivity index (χ0) is 15.7. The van der Waals surface area contributed by atoms with Crippen LogP contribution in [-0.2, 0) is 10.0 Å². The van der Waals surface area contributed by atoms with Crippen LogP contribution in [0.4, 0.5) is 0 Å². The molecular weight excluding hydrogens is 308 g/mol. The number of rotatable bonds is 3. The van der Waals surface area contributed by atoms with Gasteiger partial charge in [0.25, 0.3) is 0 Å². The molecule has 1 aromatic rings. The third-order valence-electron chi connectivity index (χ3n) is 3.48. The van der Waals surface area contributed by atoms with Gasteiger partial charge in [0.1, 0.15) is 0 Å². The van der Waals surface area contributed by atoms with Crippen LogP contribution in [0.3, 0.4) is 0 Å². The van der Waals surface area contributed by atoms with Crippen molar-refractivity contribution in [1.29, 1.82) is 0 Å². The van der Waals surface area contributed by atoms with Gasteiger partial charge in [-0.25, -0.2) is 8.42 Å². The molecule has 0 atom stereocenters. The van der Waals surface area contributed by atoms with Gasteiger partial charge in [-0.2, -0.15) is 4.31 Å². The Hall–Kier alpha value is -0.620. The molecule has 1 fully saturated rings. The molecule has 21 heavy (non-hydrogen) atoms. The van der Waals surface area contributed by atoms with E-state index in [2.05, 4.69) is 25.7 Å². The molecule has 0 radical (unpaired) electrons. The lowest BCUT2D eigenvalue weighted by Gasteiger charge is -2.37. The number of benzene rings is 1. The van der Waals surface area contributed by atoms with Crippen molar-refractivity contribution in [2.45, 2.75) is 25.7 Å². The Kier molecular flexibility index (Phi) is 4.98. The molecule has 118 valence electrons. The van der Waals surface area contributed by atoms with Gasteiger partial charge in [0, 0.05) is 37.7 Å². The van der Waals surface area contributed by atoms with Crippen LogP contribution in [0, 0.1) is 5.41 Å². The Morgan fingerprint density at radius 1 is 1.05 bits per heavy atom. The molecule has 0 N–H and O–H groups in total. The van der Waals surface area contributed by atoms with Crippen LogP contribution in [0.2, 0.25) is 5.02 Å². The Bertz CT molecular complexity index is 571. The quantitative estimate of drug-likeness (QED) is 0.855. The van der Waals surface area contributed by atoms with E-state index >= 15 is 0 Å². The molecule has 1 aliphatic heterocycles. The lowest BCUT2D eigenvalue weighted by molar-refractivity contribution is 0.141. The minimum Gasteiger partial charge on any atom is -0.300 e. The summed E-state index contributed by atoms with van der Waals surface area (Å²) < 4.78 is 26.7. The van der Waals surface area contributed by atoms with Crippen molar-refractivity contribution in [3.05, 3.63) is 29.3 Å². The zero-order valence-corrected chi connectivity index (χ0v) is 14.4. The van der Waals surface area contributed by atoms with Gasteiger partial charge in [-0.3, -0.25) is 0 Å². The summed E-state index contributed by atoms with van der Waals surface area (Å²) in [5, 5.41) is 0.545. The first-order valence-electron chi connectivity index (χ1n) is 7.17. The molecular formula is C15H23ClN2O2S. The summed E-state index contributed by atoms with van der Waals surface area (Å²) in [6.07, 6.45) is 0. The van der Waals surface area contributed by atoms with Crippen LogP contribution < -0.4 is 0 Å². The van der Waals surface area contributed by atoms with Crippen molar-refractivity contribution in [3.63, 3.8) is 0 Å². The van der Waals surface area contributed by atoms with E-state index in [9.17, 15) is 8.42 Å². The molecule has 1 saturated heterocycles. The van der Waals surface area contributed by atoms with Crippen molar-refractivity contribution < 1.29 is 8.42 Å². The van der Waals surface area contributed by atoms with Crippen LogP contribution >= 0.6 is 11.6 Å². The average molecular weight is 331 g/mol. The molecule has 0 spiro atoms. The SMILES string of the molecule is CC(C)(C)CN1CCN(S(=O)(=O)c2ccc(Cl)cc2)CC1. The molecule has 0 unspecified atom stereocenters. The summed E-state index contributed by atoms with van der Waals surface area (Å²) in [5.41, 5.74) is 0.233. The van der Waals surface area contributed by atoms with Gasteiger partial charge in [-0.15, -0.1) is 0 Å². The number of sulfonamides is 1. The predicted molar refractivity (Wildman–Crippen MR) is 86.1 cm³/mol. The molecule has 0 aromatic heterocycles. The number of hydrogen-bond donors (Lipinski definition) is 0. The highest BCUT2D eigenvalue weighted by atomic mass is 35.5. The third kappa shape index (κ3) is 4.42. The van der Waals surface area contributed by atoms with Crippen molar-refractivity contribution in [3.8, 4) is 0 Å². The maximum Gasteiger partial charge on any atom is 0.243 e. The molecule has 4 nitrogen and oxygen atoms in total. The first-order valence-corrected chi connectivity index (χ1v) is 8.98. The van der Waals surface area contributed by atoms with E-state index in [1.54, 1.807) is 28.6 Å².